The Kier molecular flexibility index (Phi) is 3.27. The van der Waals surface area contributed by atoms with Crippen molar-refractivity contribution < 1.29 is 9.13 Å². The molecule has 1 aromatic carbocycles. The van der Waals surface area contributed by atoms with Gasteiger partial charge in [0.05, 0.1) is 6.10 Å². The van der Waals surface area contributed by atoms with Crippen molar-refractivity contribution in [2.24, 2.45) is 11.8 Å². The summed E-state index contributed by atoms with van der Waals surface area (Å²) in [5.41, 5.74) is 1.21. The summed E-state index contributed by atoms with van der Waals surface area (Å²) in [4.78, 5) is 2.54. The Labute approximate surface area is 119 Å². The molecule has 0 amide bonds. The van der Waals surface area contributed by atoms with E-state index < -0.39 is 0 Å². The zero-order valence-corrected chi connectivity index (χ0v) is 11.8. The van der Waals surface area contributed by atoms with Gasteiger partial charge >= 0.3 is 0 Å². The van der Waals surface area contributed by atoms with Crippen LogP contribution in [0.2, 0.25) is 0 Å². The highest BCUT2D eigenvalue weighted by molar-refractivity contribution is 5.17. The van der Waals surface area contributed by atoms with Crippen molar-refractivity contribution in [2.45, 2.75) is 44.4 Å². The van der Waals surface area contributed by atoms with Gasteiger partial charge in [-0.1, -0.05) is 12.1 Å². The Balaban J connectivity index is 1.38. The molecule has 0 N–H and O–H groups in total. The Bertz CT molecular complexity index is 470. The summed E-state index contributed by atoms with van der Waals surface area (Å²) >= 11 is 0. The molecule has 3 unspecified atom stereocenters. The minimum atomic E-state index is -0.151. The maximum atomic E-state index is 13.0. The van der Waals surface area contributed by atoms with Gasteiger partial charge in [0.2, 0.25) is 0 Å². The third-order valence-corrected chi connectivity index (χ3v) is 5.14. The first-order chi connectivity index (χ1) is 9.79. The van der Waals surface area contributed by atoms with E-state index >= 15 is 0 Å². The number of fused-ring (bicyclic) bond motifs is 2. The van der Waals surface area contributed by atoms with E-state index in [0.29, 0.717) is 12.1 Å². The molecule has 2 saturated carbocycles. The lowest BCUT2D eigenvalue weighted by molar-refractivity contribution is 0.0207. The first-order valence-corrected chi connectivity index (χ1v) is 7.90. The van der Waals surface area contributed by atoms with Gasteiger partial charge < -0.3 is 4.74 Å². The van der Waals surface area contributed by atoms with Crippen molar-refractivity contribution in [3.8, 4) is 0 Å². The van der Waals surface area contributed by atoms with Gasteiger partial charge in [-0.05, 0) is 55.2 Å². The largest absolute Gasteiger partial charge is 0.376 e. The number of ether oxygens (including phenoxy) is 1. The fraction of sp³-hybridized carbons (Fsp3) is 0.647. The molecule has 3 aliphatic rings. The monoisotopic (exact) mass is 275 g/mol. The maximum absolute atomic E-state index is 13.0. The number of hydrogen-bond donors (Lipinski definition) is 0. The zero-order chi connectivity index (χ0) is 13.5. The highest BCUT2D eigenvalue weighted by Gasteiger charge is 2.47. The Morgan fingerprint density at radius 2 is 1.90 bits per heavy atom. The van der Waals surface area contributed by atoms with Gasteiger partial charge in [-0.25, -0.2) is 4.39 Å². The van der Waals surface area contributed by atoms with Crippen molar-refractivity contribution in [1.82, 2.24) is 4.90 Å². The van der Waals surface area contributed by atoms with Crippen LogP contribution in [0.3, 0.4) is 0 Å². The molecule has 1 heterocycles. The second-order valence-corrected chi connectivity index (χ2v) is 6.70. The molecule has 3 fully saturated rings. The normalized spacial score (nSPS) is 33.0. The summed E-state index contributed by atoms with van der Waals surface area (Å²) in [6.07, 6.45) is 5.76. The second-order valence-electron chi connectivity index (χ2n) is 6.70. The predicted octanol–water partition coefficient (Wildman–Crippen LogP) is 3.22. The van der Waals surface area contributed by atoms with Crippen molar-refractivity contribution >= 4 is 0 Å². The van der Waals surface area contributed by atoms with Crippen molar-refractivity contribution in [3.63, 3.8) is 0 Å². The van der Waals surface area contributed by atoms with Gasteiger partial charge in [0.25, 0.3) is 0 Å². The Morgan fingerprint density at radius 3 is 2.65 bits per heavy atom. The van der Waals surface area contributed by atoms with E-state index in [-0.39, 0.29) is 5.82 Å². The van der Waals surface area contributed by atoms with E-state index in [1.807, 2.05) is 12.1 Å². The SMILES string of the molecule is Fc1ccc(CN2CC3CCC2C3OCC2CC2)cc1. The highest BCUT2D eigenvalue weighted by atomic mass is 19.1. The van der Waals surface area contributed by atoms with Crippen LogP contribution in [0.15, 0.2) is 24.3 Å². The van der Waals surface area contributed by atoms with Crippen LogP contribution in [0.5, 0.6) is 0 Å². The standard InChI is InChI=1S/C17H22FNO/c18-15-6-3-12(4-7-15)9-19-10-14-5-8-16(19)17(14)20-11-13-1-2-13/h3-4,6-7,13-14,16-17H,1-2,5,8-11H2. The molecule has 1 aromatic rings. The van der Waals surface area contributed by atoms with Crippen LogP contribution in [0.1, 0.15) is 31.2 Å². The molecule has 1 aliphatic heterocycles. The molecule has 3 heteroatoms. The molecule has 2 bridgehead atoms. The second kappa shape index (κ2) is 5.12. The Morgan fingerprint density at radius 1 is 1.10 bits per heavy atom. The molecule has 4 rings (SSSR count). The third kappa shape index (κ3) is 2.49. The van der Waals surface area contributed by atoms with Gasteiger partial charge in [0.15, 0.2) is 0 Å². The molecular weight excluding hydrogens is 253 g/mol. The smallest absolute Gasteiger partial charge is 0.123 e. The summed E-state index contributed by atoms with van der Waals surface area (Å²) in [6, 6.07) is 7.52. The molecule has 2 nitrogen and oxygen atoms in total. The van der Waals surface area contributed by atoms with Gasteiger partial charge in [-0.3, -0.25) is 4.90 Å². The number of hydrogen-bond acceptors (Lipinski definition) is 2. The Hall–Kier alpha value is -0.930. The zero-order valence-electron chi connectivity index (χ0n) is 11.8. The number of rotatable bonds is 5. The van der Waals surface area contributed by atoms with Gasteiger partial charge in [-0.2, -0.15) is 0 Å². The topological polar surface area (TPSA) is 12.5 Å². The summed E-state index contributed by atoms with van der Waals surface area (Å²) < 4.78 is 19.2. The third-order valence-electron chi connectivity index (χ3n) is 5.14. The number of piperidine rings is 1. The maximum Gasteiger partial charge on any atom is 0.123 e. The average Bonchev–Trinajstić information content (AvgIpc) is 3.14. The number of halogens is 1. The van der Waals surface area contributed by atoms with E-state index in [1.165, 1.54) is 31.2 Å². The van der Waals surface area contributed by atoms with Crippen molar-refractivity contribution in [3.05, 3.63) is 35.6 Å². The lowest BCUT2D eigenvalue weighted by Gasteiger charge is -2.27. The summed E-state index contributed by atoms with van der Waals surface area (Å²) in [5.74, 6) is 1.42. The van der Waals surface area contributed by atoms with Gasteiger partial charge in [-0.15, -0.1) is 0 Å². The van der Waals surface area contributed by atoms with E-state index in [4.69, 9.17) is 4.74 Å². The van der Waals surface area contributed by atoms with Crippen LogP contribution >= 0.6 is 0 Å². The first-order valence-electron chi connectivity index (χ1n) is 7.90. The molecule has 3 atom stereocenters. The first kappa shape index (κ1) is 12.8. The number of nitrogens with zero attached hydrogens (tertiary/aromatic N) is 1. The van der Waals surface area contributed by atoms with E-state index in [9.17, 15) is 4.39 Å². The molecule has 108 valence electrons. The lowest BCUT2D eigenvalue weighted by Crippen LogP contribution is -2.34. The molecule has 1 saturated heterocycles. The fourth-order valence-electron chi connectivity index (χ4n) is 3.83. The molecule has 20 heavy (non-hydrogen) atoms. The fourth-order valence-corrected chi connectivity index (χ4v) is 3.83. The van der Waals surface area contributed by atoms with Crippen LogP contribution < -0.4 is 0 Å². The quantitative estimate of drug-likeness (QED) is 0.818. The average molecular weight is 275 g/mol. The summed E-state index contributed by atoms with van der Waals surface area (Å²) in [7, 11) is 0. The van der Waals surface area contributed by atoms with Crippen molar-refractivity contribution in [1.29, 1.82) is 0 Å². The minimum absolute atomic E-state index is 0.151. The van der Waals surface area contributed by atoms with E-state index in [2.05, 4.69) is 4.90 Å². The summed E-state index contributed by atoms with van der Waals surface area (Å²) in [5, 5.41) is 0. The van der Waals surface area contributed by atoms with Crippen LogP contribution in [0, 0.1) is 17.7 Å². The van der Waals surface area contributed by atoms with Gasteiger partial charge in [0, 0.05) is 25.7 Å². The predicted molar refractivity (Wildman–Crippen MR) is 75.8 cm³/mol. The number of benzene rings is 1. The molecule has 0 aromatic heterocycles. The van der Waals surface area contributed by atoms with Crippen LogP contribution in [-0.2, 0) is 11.3 Å². The van der Waals surface area contributed by atoms with E-state index in [1.54, 1.807) is 12.1 Å². The minimum Gasteiger partial charge on any atom is -0.376 e. The highest BCUT2D eigenvalue weighted by Crippen LogP contribution is 2.41. The van der Waals surface area contributed by atoms with Crippen molar-refractivity contribution in [2.75, 3.05) is 13.2 Å². The lowest BCUT2D eigenvalue weighted by atomic mass is 10.1. The van der Waals surface area contributed by atoms with E-state index in [0.717, 1.165) is 31.5 Å². The molecule has 0 radical (unpaired) electrons. The summed E-state index contributed by atoms with van der Waals surface area (Å²) in [6.45, 7) is 3.06. The molecule has 0 spiro atoms. The van der Waals surface area contributed by atoms with Gasteiger partial charge in [0.1, 0.15) is 5.82 Å². The van der Waals surface area contributed by atoms with Crippen LogP contribution in [-0.4, -0.2) is 30.2 Å². The van der Waals surface area contributed by atoms with Crippen LogP contribution in [0.25, 0.3) is 0 Å². The number of likely N-dealkylation sites (tertiary alicyclic amines) is 1. The molecular formula is C17H22FNO. The van der Waals surface area contributed by atoms with Crippen LogP contribution in [0.4, 0.5) is 4.39 Å². The molecule has 2 aliphatic carbocycles.